The minimum Gasteiger partial charge on any atom is -0.355 e. The summed E-state index contributed by atoms with van der Waals surface area (Å²) in [7, 11) is -3.36. The summed E-state index contributed by atoms with van der Waals surface area (Å²) >= 11 is 0. The average molecular weight is 437 g/mol. The van der Waals surface area contributed by atoms with Gasteiger partial charge in [-0.1, -0.05) is 60.7 Å². The van der Waals surface area contributed by atoms with Crippen LogP contribution in [0.15, 0.2) is 89.8 Å². The summed E-state index contributed by atoms with van der Waals surface area (Å²) in [6.07, 6.45) is 0.290. The van der Waals surface area contributed by atoms with E-state index in [9.17, 15) is 18.0 Å². The van der Waals surface area contributed by atoms with Crippen LogP contribution >= 0.6 is 0 Å². The fraction of sp³-hybridized carbons (Fsp3) is 0.167. The number of carbonyl (C=O) groups is 2. The summed E-state index contributed by atoms with van der Waals surface area (Å²) in [4.78, 5) is 24.5. The molecular formula is C24H24N2O4S. The molecule has 0 unspecified atom stereocenters. The van der Waals surface area contributed by atoms with Gasteiger partial charge in [0.15, 0.2) is 9.84 Å². The van der Waals surface area contributed by atoms with Crippen molar-refractivity contribution in [1.82, 2.24) is 10.6 Å². The number of sulfone groups is 1. The molecule has 0 aliphatic carbocycles. The first-order valence-corrected chi connectivity index (χ1v) is 11.6. The Kier molecular flexibility index (Phi) is 7.56. The van der Waals surface area contributed by atoms with Crippen LogP contribution in [0.1, 0.15) is 16.8 Å². The number of rotatable bonds is 9. The van der Waals surface area contributed by atoms with Gasteiger partial charge in [0.2, 0.25) is 5.91 Å². The van der Waals surface area contributed by atoms with Crippen molar-refractivity contribution in [2.45, 2.75) is 11.3 Å². The molecule has 0 fully saturated rings. The third-order valence-electron chi connectivity index (χ3n) is 4.68. The van der Waals surface area contributed by atoms with Crippen LogP contribution in [0, 0.1) is 0 Å². The second-order valence-corrected chi connectivity index (χ2v) is 9.07. The zero-order valence-corrected chi connectivity index (χ0v) is 17.8. The summed E-state index contributed by atoms with van der Waals surface area (Å²) < 4.78 is 24.4. The van der Waals surface area contributed by atoms with Crippen LogP contribution in [0.5, 0.6) is 0 Å². The highest BCUT2D eigenvalue weighted by molar-refractivity contribution is 7.91. The Morgan fingerprint density at radius 2 is 1.29 bits per heavy atom. The molecular weight excluding hydrogens is 412 g/mol. The molecule has 2 amide bonds. The number of hydrogen-bond donors (Lipinski definition) is 2. The highest BCUT2D eigenvalue weighted by atomic mass is 32.2. The number of nitrogens with one attached hydrogen (secondary N) is 2. The van der Waals surface area contributed by atoms with E-state index >= 15 is 0 Å². The first kappa shape index (κ1) is 22.2. The van der Waals surface area contributed by atoms with Gasteiger partial charge in [-0.2, -0.15) is 0 Å². The molecule has 7 heteroatoms. The van der Waals surface area contributed by atoms with Gasteiger partial charge in [-0.15, -0.1) is 0 Å². The second kappa shape index (κ2) is 10.5. The Bertz CT molecular complexity index is 1110. The Labute approximate surface area is 182 Å². The molecule has 0 atom stereocenters. The molecule has 0 bridgehead atoms. The molecule has 2 N–H and O–H groups in total. The van der Waals surface area contributed by atoms with Gasteiger partial charge in [0, 0.05) is 12.1 Å². The lowest BCUT2D eigenvalue weighted by molar-refractivity contribution is -0.120. The summed E-state index contributed by atoms with van der Waals surface area (Å²) in [6.45, 7) is 0.0389. The van der Waals surface area contributed by atoms with Gasteiger partial charge >= 0.3 is 0 Å². The van der Waals surface area contributed by atoms with Gasteiger partial charge < -0.3 is 10.6 Å². The molecule has 0 aliphatic heterocycles. The van der Waals surface area contributed by atoms with Gasteiger partial charge in [0.05, 0.1) is 17.2 Å². The minimum absolute atomic E-state index is 0.0581. The van der Waals surface area contributed by atoms with Crippen LogP contribution < -0.4 is 10.6 Å². The number of amides is 2. The molecule has 0 radical (unpaired) electrons. The van der Waals surface area contributed by atoms with Crippen molar-refractivity contribution in [3.63, 3.8) is 0 Å². The summed E-state index contributed by atoms with van der Waals surface area (Å²) in [6, 6.07) is 25.2. The van der Waals surface area contributed by atoms with Crippen molar-refractivity contribution >= 4 is 21.7 Å². The van der Waals surface area contributed by atoms with E-state index in [4.69, 9.17) is 0 Å². The van der Waals surface area contributed by atoms with Gasteiger partial charge in [0.25, 0.3) is 5.91 Å². The van der Waals surface area contributed by atoms with Crippen molar-refractivity contribution in [1.29, 1.82) is 0 Å². The quantitative estimate of drug-likeness (QED) is 0.504. The van der Waals surface area contributed by atoms with Crippen molar-refractivity contribution in [3.05, 3.63) is 90.5 Å². The average Bonchev–Trinajstić information content (AvgIpc) is 2.81. The van der Waals surface area contributed by atoms with E-state index in [0.29, 0.717) is 5.56 Å². The molecule has 0 aromatic heterocycles. The van der Waals surface area contributed by atoms with Gasteiger partial charge in [-0.25, -0.2) is 8.42 Å². The van der Waals surface area contributed by atoms with Crippen molar-refractivity contribution in [2.75, 3.05) is 18.8 Å². The normalized spacial score (nSPS) is 11.0. The van der Waals surface area contributed by atoms with Crippen molar-refractivity contribution in [3.8, 4) is 11.1 Å². The predicted octanol–water partition coefficient (Wildman–Crippen LogP) is 3.06. The molecule has 0 spiro atoms. The first-order chi connectivity index (χ1) is 15.0. The summed E-state index contributed by atoms with van der Waals surface area (Å²) in [5.41, 5.74) is 2.52. The minimum atomic E-state index is -3.36. The maximum atomic E-state index is 12.2. The van der Waals surface area contributed by atoms with E-state index < -0.39 is 9.84 Å². The molecule has 0 saturated carbocycles. The SMILES string of the molecule is O=C(CNC(=O)c1ccc(-c2ccccc2)cc1)NCCCS(=O)(=O)c1ccccc1. The largest absolute Gasteiger partial charge is 0.355 e. The van der Waals surface area contributed by atoms with Crippen LogP contribution in [0.25, 0.3) is 11.1 Å². The molecule has 3 rings (SSSR count). The number of carbonyl (C=O) groups excluding carboxylic acids is 2. The third kappa shape index (κ3) is 6.52. The second-order valence-electron chi connectivity index (χ2n) is 6.96. The van der Waals surface area contributed by atoms with E-state index in [2.05, 4.69) is 10.6 Å². The topological polar surface area (TPSA) is 92.3 Å². The molecule has 6 nitrogen and oxygen atoms in total. The lowest BCUT2D eigenvalue weighted by Crippen LogP contribution is -2.37. The maximum Gasteiger partial charge on any atom is 0.251 e. The number of hydrogen-bond acceptors (Lipinski definition) is 4. The maximum absolute atomic E-state index is 12.2. The molecule has 31 heavy (non-hydrogen) atoms. The highest BCUT2D eigenvalue weighted by Crippen LogP contribution is 2.19. The third-order valence-corrected chi connectivity index (χ3v) is 6.49. The van der Waals surface area contributed by atoms with Crippen LogP contribution in [0.4, 0.5) is 0 Å². The van der Waals surface area contributed by atoms with E-state index in [0.717, 1.165) is 11.1 Å². The van der Waals surface area contributed by atoms with Crippen LogP contribution in [0.3, 0.4) is 0 Å². The summed E-state index contributed by atoms with van der Waals surface area (Å²) in [5, 5.41) is 5.20. The fourth-order valence-electron chi connectivity index (χ4n) is 3.01. The predicted molar refractivity (Wildman–Crippen MR) is 120 cm³/mol. The van der Waals surface area contributed by atoms with Gasteiger partial charge in [0.1, 0.15) is 0 Å². The molecule has 3 aromatic carbocycles. The standard InChI is InChI=1S/C24H24N2O4S/c27-23(25-16-7-17-31(29,30)22-10-5-2-6-11-22)18-26-24(28)21-14-12-20(13-15-21)19-8-3-1-4-9-19/h1-6,8-15H,7,16-18H2,(H,25,27)(H,26,28). The Hall–Kier alpha value is -3.45. The fourth-order valence-corrected chi connectivity index (χ4v) is 4.34. The Balaban J connectivity index is 1.40. The molecule has 160 valence electrons. The molecule has 3 aromatic rings. The smallest absolute Gasteiger partial charge is 0.251 e. The van der Waals surface area contributed by atoms with E-state index in [1.54, 1.807) is 42.5 Å². The van der Waals surface area contributed by atoms with Crippen LogP contribution in [-0.4, -0.2) is 39.1 Å². The van der Waals surface area contributed by atoms with Crippen LogP contribution in [0.2, 0.25) is 0 Å². The van der Waals surface area contributed by atoms with Gasteiger partial charge in [-0.05, 0) is 41.8 Å². The molecule has 0 saturated heterocycles. The van der Waals surface area contributed by atoms with Crippen molar-refractivity contribution in [2.24, 2.45) is 0 Å². The monoisotopic (exact) mass is 436 g/mol. The zero-order chi connectivity index (χ0) is 22.1. The van der Waals surface area contributed by atoms with E-state index in [1.807, 2.05) is 42.5 Å². The molecule has 0 aliphatic rings. The highest BCUT2D eigenvalue weighted by Gasteiger charge is 2.13. The summed E-state index contributed by atoms with van der Waals surface area (Å²) in [5.74, 6) is -0.773. The lowest BCUT2D eigenvalue weighted by Gasteiger charge is -2.08. The van der Waals surface area contributed by atoms with Gasteiger partial charge in [-0.3, -0.25) is 9.59 Å². The lowest BCUT2D eigenvalue weighted by atomic mass is 10.0. The Morgan fingerprint density at radius 3 is 1.94 bits per heavy atom. The van der Waals surface area contributed by atoms with Crippen LogP contribution in [-0.2, 0) is 14.6 Å². The van der Waals surface area contributed by atoms with E-state index in [1.165, 1.54) is 0 Å². The zero-order valence-electron chi connectivity index (χ0n) is 17.0. The van der Waals surface area contributed by atoms with E-state index in [-0.39, 0.29) is 42.0 Å². The first-order valence-electron chi connectivity index (χ1n) is 9.94. The number of benzene rings is 3. The van der Waals surface area contributed by atoms with Crippen molar-refractivity contribution < 1.29 is 18.0 Å². The molecule has 0 heterocycles. The Morgan fingerprint density at radius 1 is 0.710 bits per heavy atom.